The van der Waals surface area contributed by atoms with E-state index in [0.717, 1.165) is 5.56 Å². The summed E-state index contributed by atoms with van der Waals surface area (Å²) in [6.07, 6.45) is 4.14. The van der Waals surface area contributed by atoms with Gasteiger partial charge in [0.1, 0.15) is 11.5 Å². The number of carbonyl (C=O) groups is 2. The van der Waals surface area contributed by atoms with Crippen LogP contribution in [0.4, 0.5) is 0 Å². The zero-order valence-electron chi connectivity index (χ0n) is 13.6. The van der Waals surface area contributed by atoms with Gasteiger partial charge in [0.05, 0.1) is 11.1 Å². The summed E-state index contributed by atoms with van der Waals surface area (Å²) >= 11 is 0. The molecule has 5 nitrogen and oxygen atoms in total. The van der Waals surface area contributed by atoms with Gasteiger partial charge in [0.15, 0.2) is 0 Å². The zero-order valence-corrected chi connectivity index (χ0v) is 13.6. The van der Waals surface area contributed by atoms with Crippen molar-refractivity contribution in [2.45, 2.75) is 12.8 Å². The van der Waals surface area contributed by atoms with Gasteiger partial charge in [-0.1, -0.05) is 12.2 Å². The fourth-order valence-electron chi connectivity index (χ4n) is 2.51. The predicted molar refractivity (Wildman–Crippen MR) is 94.7 cm³/mol. The molecule has 5 heteroatoms. The number of allylic oxidation sites excluding steroid dienone is 2. The molecule has 2 N–H and O–H groups in total. The van der Waals surface area contributed by atoms with E-state index in [0.29, 0.717) is 29.9 Å². The van der Waals surface area contributed by atoms with Crippen molar-refractivity contribution in [3.8, 4) is 11.5 Å². The molecule has 0 heterocycles. The largest absolute Gasteiger partial charge is 0.478 e. The SMILES string of the molecule is C=CCc1c(Oc2ccc(C(=O)O)cc2)ccc(C(=O)O)c1CC=C. The molecule has 0 aliphatic rings. The Bertz CT molecular complexity index is 819. The molecule has 2 rings (SSSR count). The van der Waals surface area contributed by atoms with Crippen LogP contribution in [0.3, 0.4) is 0 Å². The standard InChI is InChI=1S/C20H18O5/c1-3-5-15-16(6-4-2)18(12-11-17(15)20(23)24)25-14-9-7-13(8-10-14)19(21)22/h3-4,7-12H,1-2,5-6H2,(H,21,22)(H,23,24). The van der Waals surface area contributed by atoms with Crippen LogP contribution < -0.4 is 4.74 Å². The van der Waals surface area contributed by atoms with E-state index in [9.17, 15) is 14.7 Å². The van der Waals surface area contributed by atoms with Crippen molar-refractivity contribution in [2.75, 3.05) is 0 Å². The number of aromatic carboxylic acids is 2. The van der Waals surface area contributed by atoms with E-state index >= 15 is 0 Å². The topological polar surface area (TPSA) is 83.8 Å². The summed E-state index contributed by atoms with van der Waals surface area (Å²) in [7, 11) is 0. The van der Waals surface area contributed by atoms with Crippen molar-refractivity contribution in [2.24, 2.45) is 0 Å². The minimum atomic E-state index is -1.02. The van der Waals surface area contributed by atoms with Crippen molar-refractivity contribution in [1.82, 2.24) is 0 Å². The van der Waals surface area contributed by atoms with Crippen molar-refractivity contribution in [3.05, 3.63) is 84.0 Å². The Morgan fingerprint density at radius 1 is 0.880 bits per heavy atom. The Kier molecular flexibility index (Phi) is 5.74. The van der Waals surface area contributed by atoms with Crippen molar-refractivity contribution in [3.63, 3.8) is 0 Å². The third kappa shape index (κ3) is 4.14. The second-order valence-corrected chi connectivity index (χ2v) is 5.29. The van der Waals surface area contributed by atoms with Crippen LogP contribution in [0, 0.1) is 0 Å². The summed E-state index contributed by atoms with van der Waals surface area (Å²) < 4.78 is 5.85. The average molecular weight is 338 g/mol. The lowest BCUT2D eigenvalue weighted by atomic mass is 9.95. The van der Waals surface area contributed by atoms with Crippen molar-refractivity contribution < 1.29 is 24.5 Å². The van der Waals surface area contributed by atoms with Gasteiger partial charge in [-0.15, -0.1) is 13.2 Å². The highest BCUT2D eigenvalue weighted by atomic mass is 16.5. The quantitative estimate of drug-likeness (QED) is 0.700. The summed E-state index contributed by atoms with van der Waals surface area (Å²) in [6, 6.07) is 9.09. The highest BCUT2D eigenvalue weighted by Gasteiger charge is 2.17. The lowest BCUT2D eigenvalue weighted by Gasteiger charge is -2.16. The van der Waals surface area contributed by atoms with E-state index in [1.54, 1.807) is 30.4 Å². The number of rotatable bonds is 8. The first-order valence-electron chi connectivity index (χ1n) is 7.59. The molecule has 2 aromatic rings. The smallest absolute Gasteiger partial charge is 0.335 e. The molecule has 0 bridgehead atoms. The van der Waals surface area contributed by atoms with Gasteiger partial charge in [0, 0.05) is 5.56 Å². The van der Waals surface area contributed by atoms with Crippen LogP contribution in [0.5, 0.6) is 11.5 Å². The first kappa shape index (κ1) is 18.0. The molecule has 25 heavy (non-hydrogen) atoms. The third-order valence-corrected chi connectivity index (χ3v) is 3.64. The number of hydrogen-bond acceptors (Lipinski definition) is 3. The van der Waals surface area contributed by atoms with Gasteiger partial charge in [-0.2, -0.15) is 0 Å². The Labute approximate surface area is 145 Å². The highest BCUT2D eigenvalue weighted by Crippen LogP contribution is 2.31. The summed E-state index contributed by atoms with van der Waals surface area (Å²) in [6.45, 7) is 7.40. The Hall–Kier alpha value is -3.34. The molecule has 0 fully saturated rings. The fourth-order valence-corrected chi connectivity index (χ4v) is 2.51. The Balaban J connectivity index is 2.47. The fraction of sp³-hybridized carbons (Fsp3) is 0.100. The molecule has 0 amide bonds. The molecule has 0 aliphatic carbocycles. The van der Waals surface area contributed by atoms with Crippen LogP contribution >= 0.6 is 0 Å². The Morgan fingerprint density at radius 3 is 2.00 bits per heavy atom. The minimum Gasteiger partial charge on any atom is -0.478 e. The molecular formula is C20H18O5. The lowest BCUT2D eigenvalue weighted by molar-refractivity contribution is 0.0685. The lowest BCUT2D eigenvalue weighted by Crippen LogP contribution is -2.07. The van der Waals surface area contributed by atoms with Crippen LogP contribution in [-0.4, -0.2) is 22.2 Å². The van der Waals surface area contributed by atoms with Crippen LogP contribution in [0.15, 0.2) is 61.7 Å². The molecule has 0 atom stereocenters. The van der Waals surface area contributed by atoms with Crippen LogP contribution in [0.2, 0.25) is 0 Å². The zero-order chi connectivity index (χ0) is 18.4. The molecule has 0 saturated carbocycles. The average Bonchev–Trinajstić information content (AvgIpc) is 2.58. The minimum absolute atomic E-state index is 0.159. The molecule has 0 unspecified atom stereocenters. The summed E-state index contributed by atoms with van der Waals surface area (Å²) in [5.41, 5.74) is 1.71. The van der Waals surface area contributed by atoms with Gasteiger partial charge in [-0.25, -0.2) is 9.59 Å². The second-order valence-electron chi connectivity index (χ2n) is 5.29. The van der Waals surface area contributed by atoms with Crippen LogP contribution in [-0.2, 0) is 12.8 Å². The van der Waals surface area contributed by atoms with Crippen LogP contribution in [0.25, 0.3) is 0 Å². The molecule has 128 valence electrons. The molecular weight excluding hydrogens is 320 g/mol. The normalized spacial score (nSPS) is 10.1. The van der Waals surface area contributed by atoms with Gasteiger partial charge in [-0.3, -0.25) is 0 Å². The molecule has 0 aromatic heterocycles. The van der Waals surface area contributed by atoms with E-state index in [2.05, 4.69) is 13.2 Å². The monoisotopic (exact) mass is 338 g/mol. The van der Waals surface area contributed by atoms with E-state index < -0.39 is 11.9 Å². The second kappa shape index (κ2) is 7.97. The van der Waals surface area contributed by atoms with Gasteiger partial charge >= 0.3 is 11.9 Å². The molecule has 0 spiro atoms. The van der Waals surface area contributed by atoms with E-state index in [1.807, 2.05) is 0 Å². The number of carboxylic acid groups (broad SMARTS) is 2. The number of ether oxygens (including phenoxy) is 1. The van der Waals surface area contributed by atoms with Crippen molar-refractivity contribution in [1.29, 1.82) is 0 Å². The van der Waals surface area contributed by atoms with Gasteiger partial charge in [0.25, 0.3) is 0 Å². The number of hydrogen-bond donors (Lipinski definition) is 2. The van der Waals surface area contributed by atoms with E-state index in [1.165, 1.54) is 18.2 Å². The predicted octanol–water partition coefficient (Wildman–Crippen LogP) is 4.33. The summed E-state index contributed by atoms with van der Waals surface area (Å²) in [5.74, 6) is -1.06. The maximum Gasteiger partial charge on any atom is 0.335 e. The molecule has 0 aliphatic heterocycles. The summed E-state index contributed by atoms with van der Waals surface area (Å²) in [4.78, 5) is 22.4. The number of benzene rings is 2. The number of carboxylic acids is 2. The van der Waals surface area contributed by atoms with Crippen molar-refractivity contribution >= 4 is 11.9 Å². The summed E-state index contributed by atoms with van der Waals surface area (Å²) in [5, 5.41) is 18.3. The van der Waals surface area contributed by atoms with Gasteiger partial charge in [-0.05, 0) is 54.8 Å². The third-order valence-electron chi connectivity index (χ3n) is 3.64. The highest BCUT2D eigenvalue weighted by molar-refractivity contribution is 5.90. The van der Waals surface area contributed by atoms with Gasteiger partial charge < -0.3 is 14.9 Å². The van der Waals surface area contributed by atoms with Crippen LogP contribution in [0.1, 0.15) is 31.8 Å². The molecule has 2 aromatic carbocycles. The Morgan fingerprint density at radius 2 is 1.48 bits per heavy atom. The first-order chi connectivity index (χ1) is 12.0. The van der Waals surface area contributed by atoms with E-state index in [4.69, 9.17) is 9.84 Å². The van der Waals surface area contributed by atoms with Gasteiger partial charge in [0.2, 0.25) is 0 Å². The first-order valence-corrected chi connectivity index (χ1v) is 7.59. The molecule has 0 radical (unpaired) electrons. The van der Waals surface area contributed by atoms with E-state index in [-0.39, 0.29) is 11.1 Å². The molecule has 0 saturated heterocycles. The maximum absolute atomic E-state index is 11.5. The maximum atomic E-state index is 11.5.